The van der Waals surface area contributed by atoms with E-state index in [9.17, 15) is 14.7 Å². The van der Waals surface area contributed by atoms with Crippen molar-refractivity contribution in [3.63, 3.8) is 0 Å². The fourth-order valence-electron chi connectivity index (χ4n) is 1.77. The Morgan fingerprint density at radius 2 is 2.05 bits per heavy atom. The van der Waals surface area contributed by atoms with Gasteiger partial charge in [-0.1, -0.05) is 38.8 Å². The molecule has 20 heavy (non-hydrogen) atoms. The van der Waals surface area contributed by atoms with Crippen molar-refractivity contribution >= 4 is 23.5 Å². The molecular formula is C14H19ClN2O3. The van der Waals surface area contributed by atoms with Gasteiger partial charge in [0, 0.05) is 11.3 Å². The highest BCUT2D eigenvalue weighted by Crippen LogP contribution is 2.13. The SMILES string of the molecule is CCc1cc(C(=O)NC(C(=O)O)C(C)CC)cc(Cl)n1. The summed E-state index contributed by atoms with van der Waals surface area (Å²) in [5.41, 5.74) is 1.02. The zero-order valence-electron chi connectivity index (χ0n) is 11.8. The molecule has 5 nitrogen and oxygen atoms in total. The molecule has 1 heterocycles. The number of aromatic nitrogens is 1. The number of aryl methyl sites for hydroxylation is 1. The zero-order chi connectivity index (χ0) is 15.3. The van der Waals surface area contributed by atoms with Crippen LogP contribution in [-0.4, -0.2) is 28.0 Å². The van der Waals surface area contributed by atoms with Crippen molar-refractivity contribution in [1.82, 2.24) is 10.3 Å². The van der Waals surface area contributed by atoms with E-state index in [0.29, 0.717) is 24.1 Å². The van der Waals surface area contributed by atoms with Crippen LogP contribution in [0.15, 0.2) is 12.1 Å². The van der Waals surface area contributed by atoms with Gasteiger partial charge in [-0.15, -0.1) is 0 Å². The number of nitrogens with one attached hydrogen (secondary N) is 1. The van der Waals surface area contributed by atoms with E-state index in [4.69, 9.17) is 11.6 Å². The van der Waals surface area contributed by atoms with Gasteiger partial charge in [0.05, 0.1) is 0 Å². The van der Waals surface area contributed by atoms with Gasteiger partial charge in [-0.25, -0.2) is 9.78 Å². The summed E-state index contributed by atoms with van der Waals surface area (Å²) >= 11 is 5.85. The van der Waals surface area contributed by atoms with Crippen molar-refractivity contribution in [1.29, 1.82) is 0 Å². The second-order valence-corrected chi connectivity index (χ2v) is 5.09. The summed E-state index contributed by atoms with van der Waals surface area (Å²) in [6.45, 7) is 5.57. The number of halogens is 1. The van der Waals surface area contributed by atoms with Crippen LogP contribution in [0.2, 0.25) is 5.15 Å². The predicted octanol–water partition coefficient (Wildman–Crippen LogP) is 2.53. The molecule has 0 bridgehead atoms. The van der Waals surface area contributed by atoms with E-state index in [1.807, 2.05) is 13.8 Å². The highest BCUT2D eigenvalue weighted by atomic mass is 35.5. The van der Waals surface area contributed by atoms with Gasteiger partial charge in [0.1, 0.15) is 11.2 Å². The van der Waals surface area contributed by atoms with Gasteiger partial charge in [-0.05, 0) is 24.5 Å². The highest BCUT2D eigenvalue weighted by molar-refractivity contribution is 6.29. The maximum Gasteiger partial charge on any atom is 0.326 e. The standard InChI is InChI=1S/C14H19ClN2O3/c1-4-8(3)12(14(19)20)17-13(18)9-6-10(5-2)16-11(15)7-9/h6-8,12H,4-5H2,1-3H3,(H,17,18)(H,19,20). The molecule has 0 aliphatic carbocycles. The number of hydrogen-bond acceptors (Lipinski definition) is 3. The first-order valence-corrected chi connectivity index (χ1v) is 6.96. The molecule has 0 aliphatic rings. The first-order valence-electron chi connectivity index (χ1n) is 6.59. The lowest BCUT2D eigenvalue weighted by atomic mass is 9.99. The van der Waals surface area contributed by atoms with Gasteiger partial charge in [0.15, 0.2) is 0 Å². The molecule has 1 rings (SSSR count). The zero-order valence-corrected chi connectivity index (χ0v) is 12.6. The molecule has 0 aliphatic heterocycles. The molecule has 1 aromatic rings. The van der Waals surface area contributed by atoms with E-state index in [2.05, 4.69) is 10.3 Å². The van der Waals surface area contributed by atoms with Crippen LogP contribution in [0.25, 0.3) is 0 Å². The van der Waals surface area contributed by atoms with Gasteiger partial charge in [0.25, 0.3) is 5.91 Å². The number of carbonyl (C=O) groups is 2. The maximum atomic E-state index is 12.1. The fraction of sp³-hybridized carbons (Fsp3) is 0.500. The molecule has 2 unspecified atom stereocenters. The molecule has 0 aromatic carbocycles. The van der Waals surface area contributed by atoms with Crippen molar-refractivity contribution in [2.24, 2.45) is 5.92 Å². The maximum absolute atomic E-state index is 12.1. The molecule has 110 valence electrons. The Morgan fingerprint density at radius 1 is 1.40 bits per heavy atom. The van der Waals surface area contributed by atoms with Crippen molar-refractivity contribution < 1.29 is 14.7 Å². The summed E-state index contributed by atoms with van der Waals surface area (Å²) in [6.07, 6.45) is 1.31. The minimum absolute atomic E-state index is 0.153. The third-order valence-corrected chi connectivity index (χ3v) is 3.43. The molecule has 0 saturated carbocycles. The van der Waals surface area contributed by atoms with Gasteiger partial charge >= 0.3 is 5.97 Å². The Hall–Kier alpha value is -1.62. The average Bonchev–Trinajstić information content (AvgIpc) is 2.42. The van der Waals surface area contributed by atoms with Crippen LogP contribution in [0.4, 0.5) is 0 Å². The Morgan fingerprint density at radius 3 is 2.55 bits per heavy atom. The van der Waals surface area contributed by atoms with Crippen LogP contribution in [0.5, 0.6) is 0 Å². The minimum atomic E-state index is -1.04. The summed E-state index contributed by atoms with van der Waals surface area (Å²) in [5, 5.41) is 11.9. The van der Waals surface area contributed by atoms with Gasteiger partial charge in [-0.2, -0.15) is 0 Å². The summed E-state index contributed by atoms with van der Waals surface area (Å²) in [5.74, 6) is -1.64. The Balaban J connectivity index is 2.94. The van der Waals surface area contributed by atoms with Crippen LogP contribution in [0, 0.1) is 5.92 Å². The van der Waals surface area contributed by atoms with E-state index in [0.717, 1.165) is 0 Å². The molecule has 1 aromatic heterocycles. The first-order chi connectivity index (χ1) is 9.38. The lowest BCUT2D eigenvalue weighted by Gasteiger charge is -2.20. The fourth-order valence-corrected chi connectivity index (χ4v) is 2.00. The van der Waals surface area contributed by atoms with E-state index < -0.39 is 17.9 Å². The van der Waals surface area contributed by atoms with Crippen LogP contribution < -0.4 is 5.32 Å². The van der Waals surface area contributed by atoms with Crippen molar-refractivity contribution in [2.75, 3.05) is 0 Å². The quantitative estimate of drug-likeness (QED) is 0.791. The third kappa shape index (κ3) is 4.20. The lowest BCUT2D eigenvalue weighted by molar-refractivity contribution is -0.140. The smallest absolute Gasteiger partial charge is 0.326 e. The summed E-state index contributed by atoms with van der Waals surface area (Å²) in [7, 11) is 0. The molecule has 6 heteroatoms. The average molecular weight is 299 g/mol. The number of nitrogens with zero attached hydrogens (tertiary/aromatic N) is 1. The molecule has 1 amide bonds. The summed E-state index contributed by atoms with van der Waals surface area (Å²) in [6, 6.07) is 2.15. The molecule has 0 saturated heterocycles. The second kappa shape index (κ2) is 7.24. The molecule has 0 spiro atoms. The van der Waals surface area contributed by atoms with Crippen molar-refractivity contribution in [2.45, 2.75) is 39.7 Å². The number of aliphatic carboxylic acids is 1. The first kappa shape index (κ1) is 16.4. The molecular weight excluding hydrogens is 280 g/mol. The van der Waals surface area contributed by atoms with Crippen LogP contribution in [0.3, 0.4) is 0 Å². The third-order valence-electron chi connectivity index (χ3n) is 3.24. The number of carbonyl (C=O) groups excluding carboxylic acids is 1. The van der Waals surface area contributed by atoms with Gasteiger partial charge < -0.3 is 10.4 Å². The highest BCUT2D eigenvalue weighted by Gasteiger charge is 2.25. The number of rotatable bonds is 6. The van der Waals surface area contributed by atoms with Crippen molar-refractivity contribution in [3.05, 3.63) is 28.5 Å². The largest absolute Gasteiger partial charge is 0.480 e. The minimum Gasteiger partial charge on any atom is -0.480 e. The number of carboxylic acid groups (broad SMARTS) is 1. The predicted molar refractivity (Wildman–Crippen MR) is 77.0 cm³/mol. The molecule has 2 atom stereocenters. The second-order valence-electron chi connectivity index (χ2n) is 4.70. The van der Waals surface area contributed by atoms with Gasteiger partial charge in [-0.3, -0.25) is 4.79 Å². The Bertz CT molecular complexity index is 505. The van der Waals surface area contributed by atoms with Crippen LogP contribution in [-0.2, 0) is 11.2 Å². The molecule has 2 N–H and O–H groups in total. The van der Waals surface area contributed by atoms with E-state index in [1.165, 1.54) is 6.07 Å². The van der Waals surface area contributed by atoms with E-state index in [-0.39, 0.29) is 11.1 Å². The Kier molecular flexibility index (Phi) is 5.95. The summed E-state index contributed by atoms with van der Waals surface area (Å²) < 4.78 is 0. The molecule has 0 fully saturated rings. The monoisotopic (exact) mass is 298 g/mol. The lowest BCUT2D eigenvalue weighted by Crippen LogP contribution is -2.45. The Labute approximate surface area is 123 Å². The number of pyridine rings is 1. The normalized spacial score (nSPS) is 13.6. The summed E-state index contributed by atoms with van der Waals surface area (Å²) in [4.78, 5) is 27.4. The van der Waals surface area contributed by atoms with Gasteiger partial charge in [0.2, 0.25) is 0 Å². The number of amides is 1. The van der Waals surface area contributed by atoms with E-state index in [1.54, 1.807) is 13.0 Å². The number of carboxylic acids is 1. The number of hydrogen-bond donors (Lipinski definition) is 2. The van der Waals surface area contributed by atoms with Crippen LogP contribution in [0.1, 0.15) is 43.2 Å². The van der Waals surface area contributed by atoms with E-state index >= 15 is 0 Å². The molecule has 0 radical (unpaired) electrons. The topological polar surface area (TPSA) is 79.3 Å². The van der Waals surface area contributed by atoms with Crippen molar-refractivity contribution in [3.8, 4) is 0 Å². The van der Waals surface area contributed by atoms with Crippen LogP contribution >= 0.6 is 11.6 Å².